The summed E-state index contributed by atoms with van der Waals surface area (Å²) in [5.41, 5.74) is 3.21. The van der Waals surface area contributed by atoms with Crippen LogP contribution in [0.25, 0.3) is 11.3 Å². The van der Waals surface area contributed by atoms with Gasteiger partial charge in [0.1, 0.15) is 11.1 Å². The first-order valence-electron chi connectivity index (χ1n) is 6.88. The summed E-state index contributed by atoms with van der Waals surface area (Å²) in [4.78, 5) is 4.63. The van der Waals surface area contributed by atoms with E-state index in [0.717, 1.165) is 16.4 Å². The van der Waals surface area contributed by atoms with Crippen LogP contribution in [0.3, 0.4) is 0 Å². The Balaban J connectivity index is 1.70. The Morgan fingerprint density at radius 2 is 2.24 bits per heavy atom. The molecule has 0 unspecified atom stereocenters. The smallest absolute Gasteiger partial charge is 0.122 e. The predicted octanol–water partition coefficient (Wildman–Crippen LogP) is 4.21. The highest BCUT2D eigenvalue weighted by Gasteiger charge is 2.11. The van der Waals surface area contributed by atoms with E-state index in [1.807, 2.05) is 30.8 Å². The first kappa shape index (κ1) is 14.4. The number of hydrogen-bond acceptors (Lipinski definition) is 5. The summed E-state index contributed by atoms with van der Waals surface area (Å²) in [6, 6.07) is 4.13. The highest BCUT2D eigenvalue weighted by molar-refractivity contribution is 7.09. The quantitative estimate of drug-likeness (QED) is 0.683. The van der Waals surface area contributed by atoms with Crippen molar-refractivity contribution in [3.8, 4) is 11.3 Å². The second kappa shape index (κ2) is 6.51. The molecule has 1 atom stereocenters. The van der Waals surface area contributed by atoms with Gasteiger partial charge in [0.15, 0.2) is 0 Å². The fourth-order valence-electron chi connectivity index (χ4n) is 2.08. The van der Waals surface area contributed by atoms with E-state index in [2.05, 4.69) is 32.3 Å². The van der Waals surface area contributed by atoms with Crippen molar-refractivity contribution in [1.29, 1.82) is 0 Å². The molecule has 3 heterocycles. The largest absolute Gasteiger partial charge is 0.372 e. The minimum Gasteiger partial charge on any atom is -0.372 e. The summed E-state index contributed by atoms with van der Waals surface area (Å²) in [6.07, 6.45) is 2.06. The first-order valence-corrected chi connectivity index (χ1v) is 8.70. The summed E-state index contributed by atoms with van der Waals surface area (Å²) in [6.45, 7) is 5.44. The van der Waals surface area contributed by atoms with Gasteiger partial charge in [0, 0.05) is 29.1 Å². The molecule has 0 aromatic carbocycles. The van der Waals surface area contributed by atoms with E-state index in [1.165, 1.54) is 5.56 Å². The number of ether oxygens (including phenoxy) is 1. The molecule has 3 aromatic heterocycles. The molecule has 3 rings (SSSR count). The lowest BCUT2D eigenvalue weighted by atomic mass is 10.2. The van der Waals surface area contributed by atoms with Crippen LogP contribution in [0.5, 0.6) is 0 Å². The SMILES string of the molecule is CCO[C@@H](C)c1nc(Cn2ccc(-c3ccsc3)n2)cs1. The molecule has 0 saturated carbocycles. The Morgan fingerprint density at radius 3 is 3.00 bits per heavy atom. The van der Waals surface area contributed by atoms with Crippen LogP contribution in [0, 0.1) is 0 Å². The fraction of sp³-hybridized carbons (Fsp3) is 0.333. The van der Waals surface area contributed by atoms with E-state index in [9.17, 15) is 0 Å². The van der Waals surface area contributed by atoms with Crippen molar-refractivity contribution in [2.45, 2.75) is 26.5 Å². The zero-order valence-electron chi connectivity index (χ0n) is 12.0. The van der Waals surface area contributed by atoms with Crippen molar-refractivity contribution in [2.24, 2.45) is 0 Å². The standard InChI is InChI=1S/C15H17N3OS2/c1-3-19-11(2)15-16-13(10-21-15)8-18-6-4-14(17-18)12-5-7-20-9-12/h4-7,9-11H,3,8H2,1-2H3/t11-/m0/s1. The van der Waals surface area contributed by atoms with E-state index >= 15 is 0 Å². The topological polar surface area (TPSA) is 39.9 Å². The van der Waals surface area contributed by atoms with Gasteiger partial charge in [-0.1, -0.05) is 0 Å². The lowest BCUT2D eigenvalue weighted by Gasteiger charge is -2.06. The molecule has 110 valence electrons. The monoisotopic (exact) mass is 319 g/mol. The van der Waals surface area contributed by atoms with Gasteiger partial charge in [-0.25, -0.2) is 4.98 Å². The van der Waals surface area contributed by atoms with Crippen molar-refractivity contribution in [3.05, 3.63) is 45.2 Å². The van der Waals surface area contributed by atoms with Crippen LogP contribution in [0.1, 0.15) is 30.7 Å². The Bertz CT molecular complexity index is 687. The maximum Gasteiger partial charge on any atom is 0.122 e. The van der Waals surface area contributed by atoms with Crippen molar-refractivity contribution < 1.29 is 4.74 Å². The molecule has 0 aliphatic heterocycles. The average Bonchev–Trinajstić information content (AvgIpc) is 3.20. The highest BCUT2D eigenvalue weighted by atomic mass is 32.1. The van der Waals surface area contributed by atoms with Crippen LogP contribution in [-0.2, 0) is 11.3 Å². The van der Waals surface area contributed by atoms with Gasteiger partial charge in [0.05, 0.1) is 17.9 Å². The molecule has 21 heavy (non-hydrogen) atoms. The third-order valence-electron chi connectivity index (χ3n) is 3.12. The Kier molecular flexibility index (Phi) is 4.48. The second-order valence-electron chi connectivity index (χ2n) is 4.69. The average molecular weight is 319 g/mol. The van der Waals surface area contributed by atoms with Gasteiger partial charge in [0.2, 0.25) is 0 Å². The third-order valence-corrected chi connectivity index (χ3v) is 4.85. The van der Waals surface area contributed by atoms with Crippen molar-refractivity contribution in [3.63, 3.8) is 0 Å². The highest BCUT2D eigenvalue weighted by Crippen LogP contribution is 2.22. The minimum absolute atomic E-state index is 0.0627. The van der Waals surface area contributed by atoms with Gasteiger partial charge >= 0.3 is 0 Å². The summed E-state index contributed by atoms with van der Waals surface area (Å²) in [5, 5.41) is 11.9. The van der Waals surface area contributed by atoms with Crippen LogP contribution in [0.15, 0.2) is 34.5 Å². The third kappa shape index (κ3) is 3.40. The maximum atomic E-state index is 5.57. The molecule has 0 bridgehead atoms. The molecular formula is C15H17N3OS2. The number of aromatic nitrogens is 3. The molecule has 4 nitrogen and oxygen atoms in total. The Hall–Kier alpha value is -1.50. The van der Waals surface area contributed by atoms with Crippen LogP contribution in [-0.4, -0.2) is 21.4 Å². The number of nitrogens with zero attached hydrogens (tertiary/aromatic N) is 3. The van der Waals surface area contributed by atoms with Crippen molar-refractivity contribution in [1.82, 2.24) is 14.8 Å². The van der Waals surface area contributed by atoms with E-state index < -0.39 is 0 Å². The van der Waals surface area contributed by atoms with E-state index in [0.29, 0.717) is 13.2 Å². The Labute approximate surface area is 132 Å². The molecule has 0 amide bonds. The van der Waals surface area contributed by atoms with Crippen molar-refractivity contribution >= 4 is 22.7 Å². The molecule has 0 N–H and O–H groups in total. The molecule has 0 spiro atoms. The predicted molar refractivity (Wildman–Crippen MR) is 86.8 cm³/mol. The van der Waals surface area contributed by atoms with E-state index in [-0.39, 0.29) is 6.10 Å². The Morgan fingerprint density at radius 1 is 1.33 bits per heavy atom. The molecular weight excluding hydrogens is 302 g/mol. The lowest BCUT2D eigenvalue weighted by Crippen LogP contribution is -2.03. The van der Waals surface area contributed by atoms with E-state index in [4.69, 9.17) is 4.74 Å². The number of hydrogen-bond donors (Lipinski definition) is 0. The van der Waals surface area contributed by atoms with Gasteiger partial charge < -0.3 is 4.74 Å². The summed E-state index contributed by atoms with van der Waals surface area (Å²) >= 11 is 3.33. The van der Waals surface area contributed by atoms with Crippen LogP contribution >= 0.6 is 22.7 Å². The maximum absolute atomic E-state index is 5.57. The van der Waals surface area contributed by atoms with Crippen LogP contribution in [0.4, 0.5) is 0 Å². The number of thiazole rings is 1. The fourth-order valence-corrected chi connectivity index (χ4v) is 3.55. The number of rotatable bonds is 6. The van der Waals surface area contributed by atoms with Gasteiger partial charge in [0.25, 0.3) is 0 Å². The normalized spacial score (nSPS) is 12.7. The number of thiophene rings is 1. The first-order chi connectivity index (χ1) is 10.3. The molecule has 6 heteroatoms. The molecule has 3 aromatic rings. The molecule has 0 saturated heterocycles. The molecule has 0 aliphatic carbocycles. The van der Waals surface area contributed by atoms with Crippen molar-refractivity contribution in [2.75, 3.05) is 6.61 Å². The van der Waals surface area contributed by atoms with Gasteiger partial charge in [-0.15, -0.1) is 11.3 Å². The van der Waals surface area contributed by atoms with Gasteiger partial charge in [-0.3, -0.25) is 4.68 Å². The second-order valence-corrected chi connectivity index (χ2v) is 6.35. The van der Waals surface area contributed by atoms with Crippen LogP contribution < -0.4 is 0 Å². The summed E-state index contributed by atoms with van der Waals surface area (Å²) in [7, 11) is 0. The summed E-state index contributed by atoms with van der Waals surface area (Å²) in [5.74, 6) is 0. The van der Waals surface area contributed by atoms with E-state index in [1.54, 1.807) is 22.7 Å². The summed E-state index contributed by atoms with van der Waals surface area (Å²) < 4.78 is 7.50. The zero-order chi connectivity index (χ0) is 14.7. The molecule has 0 radical (unpaired) electrons. The minimum atomic E-state index is 0.0627. The van der Waals surface area contributed by atoms with Gasteiger partial charge in [-0.2, -0.15) is 16.4 Å². The molecule has 0 aliphatic rings. The lowest BCUT2D eigenvalue weighted by molar-refractivity contribution is 0.0761. The van der Waals surface area contributed by atoms with Gasteiger partial charge in [-0.05, 0) is 31.4 Å². The zero-order valence-corrected chi connectivity index (χ0v) is 13.7. The van der Waals surface area contributed by atoms with Crippen LogP contribution in [0.2, 0.25) is 0 Å². The molecule has 0 fully saturated rings.